The van der Waals surface area contributed by atoms with Crippen LogP contribution >= 0.6 is 0 Å². The summed E-state index contributed by atoms with van der Waals surface area (Å²) in [4.78, 5) is 0. The molecule has 0 aliphatic rings. The minimum atomic E-state index is 0.730. The van der Waals surface area contributed by atoms with Crippen molar-refractivity contribution in [2.45, 2.75) is 6.92 Å². The molecule has 0 aliphatic carbocycles. The summed E-state index contributed by atoms with van der Waals surface area (Å²) in [5, 5.41) is 10.6. The molecule has 0 atom stereocenters. The first-order valence-electron chi connectivity index (χ1n) is 3.06. The fourth-order valence-electron chi connectivity index (χ4n) is 0.602. The molecule has 0 amide bonds. The van der Waals surface area contributed by atoms with Crippen LogP contribution in [0, 0.1) is 6.92 Å². The Labute approximate surface area is 59.0 Å². The number of nitrogens with one attached hydrogen (secondary N) is 2. The van der Waals surface area contributed by atoms with Gasteiger partial charge in [0.05, 0.1) is 5.69 Å². The molecule has 0 aliphatic heterocycles. The molecule has 1 aromatic rings. The van der Waals surface area contributed by atoms with Gasteiger partial charge in [0.2, 0.25) is 0 Å². The highest BCUT2D eigenvalue weighted by Gasteiger charge is 1.80. The summed E-state index contributed by atoms with van der Waals surface area (Å²) in [6, 6.07) is 3.76. The summed E-state index contributed by atoms with van der Waals surface area (Å²) in [7, 11) is 1.74. The molecule has 4 nitrogen and oxygen atoms in total. The second-order valence-electron chi connectivity index (χ2n) is 1.92. The molecule has 1 aromatic heterocycles. The molecule has 10 heavy (non-hydrogen) atoms. The van der Waals surface area contributed by atoms with E-state index in [0.29, 0.717) is 0 Å². The van der Waals surface area contributed by atoms with Crippen molar-refractivity contribution in [2.24, 2.45) is 5.10 Å². The molecule has 0 saturated heterocycles. The van der Waals surface area contributed by atoms with Gasteiger partial charge in [-0.3, -0.25) is 5.10 Å². The molecule has 0 radical (unpaired) electrons. The normalized spacial score (nSPS) is 11.6. The van der Waals surface area contributed by atoms with Crippen molar-refractivity contribution in [2.75, 3.05) is 7.05 Å². The Kier molecular flexibility index (Phi) is 2.04. The second kappa shape index (κ2) is 3.00. The Morgan fingerprint density at radius 1 is 1.60 bits per heavy atom. The van der Waals surface area contributed by atoms with Crippen LogP contribution in [0.4, 0.5) is 0 Å². The van der Waals surface area contributed by atoms with Gasteiger partial charge in [-0.05, 0) is 19.1 Å². The Bertz CT molecular complexity index is 242. The molecule has 0 spiro atoms. The predicted octanol–water partition coefficient (Wildman–Crippen LogP) is -0.247. The number of aromatic amines is 1. The third-order valence-electron chi connectivity index (χ3n) is 1.06. The maximum absolute atomic E-state index is 3.94. The van der Waals surface area contributed by atoms with E-state index >= 15 is 0 Å². The summed E-state index contributed by atoms with van der Waals surface area (Å²) in [5.74, 6) is 0. The van der Waals surface area contributed by atoms with Gasteiger partial charge in [0.1, 0.15) is 0 Å². The number of H-pyrrole nitrogens is 1. The molecule has 0 fully saturated rings. The van der Waals surface area contributed by atoms with Gasteiger partial charge < -0.3 is 5.43 Å². The van der Waals surface area contributed by atoms with E-state index in [1.54, 1.807) is 7.05 Å². The van der Waals surface area contributed by atoms with Gasteiger partial charge in [-0.2, -0.15) is 10.2 Å². The van der Waals surface area contributed by atoms with Crippen molar-refractivity contribution in [1.29, 1.82) is 0 Å². The van der Waals surface area contributed by atoms with Gasteiger partial charge in [-0.25, -0.2) is 0 Å². The van der Waals surface area contributed by atoms with Crippen molar-refractivity contribution in [3.63, 3.8) is 0 Å². The van der Waals surface area contributed by atoms with Crippen LogP contribution in [-0.2, 0) is 0 Å². The number of aryl methyl sites for hydroxylation is 1. The minimum absolute atomic E-state index is 0.730. The highest BCUT2D eigenvalue weighted by atomic mass is 15.3. The Morgan fingerprint density at radius 3 is 2.90 bits per heavy atom. The van der Waals surface area contributed by atoms with Crippen LogP contribution in [-0.4, -0.2) is 17.2 Å². The molecule has 1 rings (SSSR count). The lowest BCUT2D eigenvalue weighted by Gasteiger charge is -1.89. The Hall–Kier alpha value is -1.32. The van der Waals surface area contributed by atoms with Gasteiger partial charge in [0.15, 0.2) is 5.49 Å². The second-order valence-corrected chi connectivity index (χ2v) is 1.92. The van der Waals surface area contributed by atoms with Crippen LogP contribution in [0.2, 0.25) is 0 Å². The molecule has 0 bridgehead atoms. The highest BCUT2D eigenvalue weighted by Crippen LogP contribution is 1.79. The number of hydrogen-bond acceptors (Lipinski definition) is 3. The van der Waals surface area contributed by atoms with E-state index in [1.165, 1.54) is 0 Å². The van der Waals surface area contributed by atoms with Gasteiger partial charge in [0.25, 0.3) is 0 Å². The van der Waals surface area contributed by atoms with E-state index < -0.39 is 0 Å². The van der Waals surface area contributed by atoms with Crippen molar-refractivity contribution < 1.29 is 0 Å². The zero-order valence-electron chi connectivity index (χ0n) is 6.05. The van der Waals surface area contributed by atoms with E-state index in [9.17, 15) is 0 Å². The fourth-order valence-corrected chi connectivity index (χ4v) is 0.602. The molecule has 0 aromatic carbocycles. The van der Waals surface area contributed by atoms with Crippen LogP contribution in [0.5, 0.6) is 0 Å². The molecule has 0 saturated carbocycles. The van der Waals surface area contributed by atoms with E-state index in [2.05, 4.69) is 20.7 Å². The van der Waals surface area contributed by atoms with E-state index in [4.69, 9.17) is 0 Å². The molecule has 1 heterocycles. The maximum Gasteiger partial charge on any atom is 0.166 e. The summed E-state index contributed by atoms with van der Waals surface area (Å²) in [6.07, 6.45) is 0. The summed E-state index contributed by atoms with van der Waals surface area (Å²) < 4.78 is 0. The molecule has 2 N–H and O–H groups in total. The zero-order valence-corrected chi connectivity index (χ0v) is 6.05. The average Bonchev–Trinajstić information content (AvgIpc) is 1.95. The highest BCUT2D eigenvalue weighted by molar-refractivity contribution is 4.94. The van der Waals surface area contributed by atoms with Gasteiger partial charge >= 0.3 is 0 Å². The van der Waals surface area contributed by atoms with Crippen molar-refractivity contribution in [1.82, 2.24) is 15.6 Å². The van der Waals surface area contributed by atoms with E-state index in [0.717, 1.165) is 11.2 Å². The molecular weight excluding hydrogens is 128 g/mol. The molecule has 4 heteroatoms. The van der Waals surface area contributed by atoms with Crippen LogP contribution in [0.15, 0.2) is 17.2 Å². The quantitative estimate of drug-likeness (QED) is 0.526. The average molecular weight is 138 g/mol. The topological polar surface area (TPSA) is 53.1 Å². The van der Waals surface area contributed by atoms with Gasteiger partial charge in [-0.15, -0.1) is 0 Å². The first-order chi connectivity index (χ1) is 4.83. The van der Waals surface area contributed by atoms with Crippen LogP contribution in [0.25, 0.3) is 0 Å². The monoisotopic (exact) mass is 138 g/mol. The molecule has 0 unspecified atom stereocenters. The summed E-state index contributed by atoms with van der Waals surface area (Å²) in [6.45, 7) is 1.92. The SMILES string of the molecule is CN/N=c1/ccc(C)n[nH]1. The smallest absolute Gasteiger partial charge is 0.166 e. The van der Waals surface area contributed by atoms with Crippen molar-refractivity contribution >= 4 is 0 Å². The minimum Gasteiger partial charge on any atom is -0.311 e. The number of nitrogens with zero attached hydrogens (tertiary/aromatic N) is 2. The molecule has 54 valence electrons. The van der Waals surface area contributed by atoms with Gasteiger partial charge in [0, 0.05) is 7.05 Å². The van der Waals surface area contributed by atoms with Crippen molar-refractivity contribution in [3.8, 4) is 0 Å². The van der Waals surface area contributed by atoms with Crippen molar-refractivity contribution in [3.05, 3.63) is 23.3 Å². The number of hydrogen-bond donors (Lipinski definition) is 2. The lowest BCUT2D eigenvalue weighted by molar-refractivity contribution is 0.802. The van der Waals surface area contributed by atoms with Crippen LogP contribution < -0.4 is 10.9 Å². The standard InChI is InChI=1S/C6H10N4/c1-5-3-4-6(9-7-2)10-8-5/h3-4,7H,1-2H3,(H,9,10). The van der Waals surface area contributed by atoms with Gasteiger partial charge in [-0.1, -0.05) is 0 Å². The first-order valence-corrected chi connectivity index (χ1v) is 3.06. The zero-order chi connectivity index (χ0) is 7.40. The lowest BCUT2D eigenvalue weighted by atomic mass is 10.4. The third kappa shape index (κ3) is 1.58. The third-order valence-corrected chi connectivity index (χ3v) is 1.06. The van der Waals surface area contributed by atoms with E-state index in [-0.39, 0.29) is 0 Å². The largest absolute Gasteiger partial charge is 0.311 e. The van der Waals surface area contributed by atoms with E-state index in [1.807, 2.05) is 19.1 Å². The van der Waals surface area contributed by atoms with Crippen LogP contribution in [0.1, 0.15) is 5.69 Å². The molecular formula is C6H10N4. The fraction of sp³-hybridized carbons (Fsp3) is 0.333. The number of aromatic nitrogens is 2. The lowest BCUT2D eigenvalue weighted by Crippen LogP contribution is -2.13. The predicted molar refractivity (Wildman–Crippen MR) is 37.9 cm³/mol. The van der Waals surface area contributed by atoms with Crippen LogP contribution in [0.3, 0.4) is 0 Å². The Morgan fingerprint density at radius 2 is 2.40 bits per heavy atom. The Balaban J connectivity index is 3.00. The maximum atomic E-state index is 3.94. The first kappa shape index (κ1) is 6.80. The summed E-state index contributed by atoms with van der Waals surface area (Å²) >= 11 is 0. The summed E-state index contributed by atoms with van der Waals surface area (Å²) in [5.41, 5.74) is 4.34. The number of rotatable bonds is 1.